The Hall–Kier alpha value is -5.58. The standard InChI is InChI=1S/C30H22O11/c31-13-3-1-12(2-4-13)29-25(27(38)23-19(36)8-15(33)10-21(23)40-29)26-28(39)24-20(37)9-16(34)11-22(24)41-30(26)17-6-5-14(32)7-18(17)35/h1-11,25-26,29-37H. The van der Waals surface area contributed by atoms with Gasteiger partial charge in [-0.25, -0.2) is 0 Å². The number of benzene rings is 4. The molecule has 0 radical (unpaired) electrons. The van der Waals surface area contributed by atoms with E-state index in [0.717, 1.165) is 30.3 Å². The van der Waals surface area contributed by atoms with Crippen molar-refractivity contribution < 1.29 is 54.8 Å². The van der Waals surface area contributed by atoms with E-state index < -0.39 is 58.6 Å². The second-order valence-corrected chi connectivity index (χ2v) is 9.87. The number of ketones is 2. The van der Waals surface area contributed by atoms with Crippen LogP contribution in [0, 0.1) is 11.8 Å². The molecule has 6 rings (SSSR count). The van der Waals surface area contributed by atoms with Gasteiger partial charge in [0.25, 0.3) is 0 Å². The molecule has 2 heterocycles. The molecule has 0 amide bonds. The summed E-state index contributed by atoms with van der Waals surface area (Å²) in [6.07, 6.45) is -2.65. The number of carbonyl (C=O) groups is 2. The van der Waals surface area contributed by atoms with Gasteiger partial charge in [-0.3, -0.25) is 9.59 Å². The highest BCUT2D eigenvalue weighted by Crippen LogP contribution is 2.54. The lowest BCUT2D eigenvalue weighted by Crippen LogP contribution is -2.45. The van der Waals surface area contributed by atoms with Crippen molar-refractivity contribution in [3.8, 4) is 51.7 Å². The van der Waals surface area contributed by atoms with Crippen LogP contribution in [-0.2, 0) is 0 Å². The third-order valence-corrected chi connectivity index (χ3v) is 7.32. The minimum absolute atomic E-state index is 0.00705. The Morgan fingerprint density at radius 2 is 0.951 bits per heavy atom. The molecule has 0 bridgehead atoms. The molecular formula is C30H22O11. The minimum Gasteiger partial charge on any atom is -0.508 e. The van der Waals surface area contributed by atoms with Crippen molar-refractivity contribution in [2.24, 2.45) is 11.8 Å². The lowest BCUT2D eigenvalue weighted by molar-refractivity contribution is 0.0124. The van der Waals surface area contributed by atoms with Crippen molar-refractivity contribution in [3.63, 3.8) is 0 Å². The Bertz CT molecular complexity index is 1730. The average Bonchev–Trinajstić information content (AvgIpc) is 2.88. The molecule has 0 saturated heterocycles. The first kappa shape index (κ1) is 25.7. The number of aromatic hydroxyl groups is 7. The number of Topliss-reactive ketones (excluding diaryl/α,β-unsaturated/α-hetero) is 2. The van der Waals surface area contributed by atoms with Gasteiger partial charge in [-0.15, -0.1) is 0 Å². The van der Waals surface area contributed by atoms with Crippen molar-refractivity contribution in [3.05, 3.63) is 89.0 Å². The van der Waals surface area contributed by atoms with E-state index in [1.165, 1.54) is 36.4 Å². The highest BCUT2D eigenvalue weighted by molar-refractivity contribution is 6.11. The van der Waals surface area contributed by atoms with Gasteiger partial charge in [0, 0.05) is 35.9 Å². The first-order valence-electron chi connectivity index (χ1n) is 12.4. The van der Waals surface area contributed by atoms with Crippen LogP contribution < -0.4 is 9.47 Å². The lowest BCUT2D eigenvalue weighted by atomic mass is 9.69. The first-order valence-corrected chi connectivity index (χ1v) is 12.4. The van der Waals surface area contributed by atoms with Crippen LogP contribution in [0.4, 0.5) is 0 Å². The zero-order valence-electron chi connectivity index (χ0n) is 20.9. The molecule has 4 aromatic carbocycles. The molecule has 7 N–H and O–H groups in total. The van der Waals surface area contributed by atoms with Crippen LogP contribution in [0.2, 0.25) is 0 Å². The Balaban J connectivity index is 1.61. The molecular weight excluding hydrogens is 536 g/mol. The van der Waals surface area contributed by atoms with Crippen LogP contribution in [0.15, 0.2) is 66.7 Å². The van der Waals surface area contributed by atoms with E-state index in [2.05, 4.69) is 0 Å². The molecule has 0 saturated carbocycles. The number of hydrogen-bond donors (Lipinski definition) is 7. The van der Waals surface area contributed by atoms with Gasteiger partial charge in [-0.1, -0.05) is 12.1 Å². The number of rotatable bonds is 3. The maximum absolute atomic E-state index is 14.2. The minimum atomic E-state index is -1.50. The molecule has 41 heavy (non-hydrogen) atoms. The Labute approximate surface area is 231 Å². The molecule has 2 aliphatic rings. The highest BCUT2D eigenvalue weighted by atomic mass is 16.5. The van der Waals surface area contributed by atoms with Gasteiger partial charge in [-0.05, 0) is 29.8 Å². The number of phenols is 7. The summed E-state index contributed by atoms with van der Waals surface area (Å²) < 4.78 is 12.2. The summed E-state index contributed by atoms with van der Waals surface area (Å²) >= 11 is 0. The molecule has 0 aromatic heterocycles. The van der Waals surface area contributed by atoms with Crippen LogP contribution >= 0.6 is 0 Å². The summed E-state index contributed by atoms with van der Waals surface area (Å²) in [5, 5.41) is 71.9. The molecule has 0 fully saturated rings. The lowest BCUT2D eigenvalue weighted by Gasteiger charge is -2.42. The van der Waals surface area contributed by atoms with Crippen LogP contribution in [-0.4, -0.2) is 47.3 Å². The maximum Gasteiger partial charge on any atom is 0.178 e. The van der Waals surface area contributed by atoms with E-state index in [1.54, 1.807) is 0 Å². The monoisotopic (exact) mass is 558 g/mol. The van der Waals surface area contributed by atoms with Gasteiger partial charge in [0.15, 0.2) is 11.6 Å². The molecule has 208 valence electrons. The Kier molecular flexibility index (Phi) is 5.80. The van der Waals surface area contributed by atoms with E-state index in [4.69, 9.17) is 9.47 Å². The van der Waals surface area contributed by atoms with Gasteiger partial charge >= 0.3 is 0 Å². The summed E-state index contributed by atoms with van der Waals surface area (Å²) in [5.74, 6) is -7.65. The molecule has 0 spiro atoms. The quantitative estimate of drug-likeness (QED) is 0.191. The Morgan fingerprint density at radius 1 is 0.488 bits per heavy atom. The van der Waals surface area contributed by atoms with Crippen LogP contribution in [0.1, 0.15) is 44.1 Å². The van der Waals surface area contributed by atoms with Gasteiger partial charge in [0.05, 0.1) is 11.8 Å². The van der Waals surface area contributed by atoms with E-state index in [0.29, 0.717) is 5.56 Å². The predicted molar refractivity (Wildman–Crippen MR) is 140 cm³/mol. The third-order valence-electron chi connectivity index (χ3n) is 7.32. The topological polar surface area (TPSA) is 194 Å². The average molecular weight is 558 g/mol. The van der Waals surface area contributed by atoms with E-state index in [1.807, 2.05) is 0 Å². The van der Waals surface area contributed by atoms with Crippen molar-refractivity contribution in [2.75, 3.05) is 0 Å². The second kappa shape index (κ2) is 9.26. The summed E-state index contributed by atoms with van der Waals surface area (Å²) in [5.41, 5.74) is -0.269. The SMILES string of the molecule is O=C1c2c(O)cc(O)cc2OC(c2ccc(O)cc2)C1C1C(=O)c2c(O)cc(O)cc2OC1c1ccc(O)cc1O. The van der Waals surface area contributed by atoms with Gasteiger partial charge in [0.2, 0.25) is 0 Å². The van der Waals surface area contributed by atoms with Gasteiger partial charge in [-0.2, -0.15) is 0 Å². The molecule has 0 aliphatic carbocycles. The number of carbonyl (C=O) groups excluding carboxylic acids is 2. The van der Waals surface area contributed by atoms with Crippen LogP contribution in [0.5, 0.6) is 51.7 Å². The molecule has 4 aromatic rings. The molecule has 4 unspecified atom stereocenters. The fourth-order valence-corrected chi connectivity index (χ4v) is 5.55. The van der Waals surface area contributed by atoms with E-state index >= 15 is 0 Å². The van der Waals surface area contributed by atoms with Crippen molar-refractivity contribution in [1.29, 1.82) is 0 Å². The zero-order chi connectivity index (χ0) is 29.2. The third kappa shape index (κ3) is 4.15. The number of fused-ring (bicyclic) bond motifs is 2. The van der Waals surface area contributed by atoms with Crippen molar-refractivity contribution >= 4 is 11.6 Å². The number of hydrogen-bond acceptors (Lipinski definition) is 11. The van der Waals surface area contributed by atoms with Crippen molar-refractivity contribution in [1.82, 2.24) is 0 Å². The first-order chi connectivity index (χ1) is 19.5. The van der Waals surface area contributed by atoms with E-state index in [9.17, 15) is 45.3 Å². The largest absolute Gasteiger partial charge is 0.508 e. The summed E-state index contributed by atoms with van der Waals surface area (Å²) in [7, 11) is 0. The van der Waals surface area contributed by atoms with Gasteiger partial charge < -0.3 is 45.2 Å². The maximum atomic E-state index is 14.2. The Morgan fingerprint density at radius 3 is 1.49 bits per heavy atom. The van der Waals surface area contributed by atoms with E-state index in [-0.39, 0.29) is 45.4 Å². The second-order valence-electron chi connectivity index (χ2n) is 9.87. The van der Waals surface area contributed by atoms with Crippen LogP contribution in [0.3, 0.4) is 0 Å². The summed E-state index contributed by atoms with van der Waals surface area (Å²) in [4.78, 5) is 28.5. The summed E-state index contributed by atoms with van der Waals surface area (Å²) in [6, 6.07) is 13.3. The number of ether oxygens (including phenoxy) is 2. The highest BCUT2D eigenvalue weighted by Gasteiger charge is 2.54. The fraction of sp³-hybridized carbons (Fsp3) is 0.133. The fourth-order valence-electron chi connectivity index (χ4n) is 5.55. The molecule has 2 aliphatic heterocycles. The molecule has 11 nitrogen and oxygen atoms in total. The molecule has 11 heteroatoms. The normalized spacial score (nSPS) is 21.4. The zero-order valence-corrected chi connectivity index (χ0v) is 20.9. The van der Waals surface area contributed by atoms with Crippen LogP contribution in [0.25, 0.3) is 0 Å². The van der Waals surface area contributed by atoms with Gasteiger partial charge in [0.1, 0.15) is 75.1 Å². The predicted octanol–water partition coefficient (Wildman–Crippen LogP) is 4.19. The number of phenolic OH excluding ortho intramolecular Hbond substituents is 7. The molecule has 4 atom stereocenters. The smallest absolute Gasteiger partial charge is 0.178 e. The van der Waals surface area contributed by atoms with Crippen molar-refractivity contribution in [2.45, 2.75) is 12.2 Å². The summed E-state index contributed by atoms with van der Waals surface area (Å²) in [6.45, 7) is 0.